The van der Waals surface area contributed by atoms with Crippen LogP contribution in [-0.4, -0.2) is 11.7 Å². The van der Waals surface area contributed by atoms with E-state index in [4.69, 9.17) is 17.3 Å². The molecule has 0 saturated heterocycles. The molecule has 5 nitrogen and oxygen atoms in total. The maximum absolute atomic E-state index is 12.1. The molecule has 0 radical (unpaired) electrons. The molecule has 0 bridgehead atoms. The molecule has 1 aliphatic heterocycles. The predicted molar refractivity (Wildman–Crippen MR) is 84.5 cm³/mol. The molecule has 110 valence electrons. The molecule has 0 aromatic heterocycles. The van der Waals surface area contributed by atoms with Gasteiger partial charge in [0.05, 0.1) is 0 Å². The fourth-order valence-electron chi connectivity index (χ4n) is 1.90. The minimum atomic E-state index is -0.155. The van der Waals surface area contributed by atoms with Gasteiger partial charge in [0.15, 0.2) is 0 Å². The molecule has 0 aliphatic carbocycles. The van der Waals surface area contributed by atoms with Crippen LogP contribution in [0, 0.1) is 0 Å². The van der Waals surface area contributed by atoms with Gasteiger partial charge in [-0.3, -0.25) is 10.2 Å². The Bertz CT molecular complexity index is 634. The zero-order valence-electron chi connectivity index (χ0n) is 11.7. The van der Waals surface area contributed by atoms with Crippen molar-refractivity contribution in [2.75, 3.05) is 0 Å². The van der Waals surface area contributed by atoms with Gasteiger partial charge in [-0.15, -0.1) is 0 Å². The molecule has 1 amide bonds. The standard InChI is InChI=1S/C15H17ClN4O/c1-2-11(7-13-8-14(17)20-19-13)15(21)18-9-10-4-3-5-12(16)6-10/h2-7,19H,8-9H2,1H3,(H2,17,20)(H,18,21)/b11-2+,13-7+. The van der Waals surface area contributed by atoms with Crippen LogP contribution in [0.15, 0.2) is 52.8 Å². The lowest BCUT2D eigenvalue weighted by molar-refractivity contribution is -0.117. The molecule has 1 heterocycles. The number of hydrogen-bond acceptors (Lipinski definition) is 4. The molecule has 2 rings (SSSR count). The molecule has 4 N–H and O–H groups in total. The molecule has 0 fully saturated rings. The Balaban J connectivity index is 1.95. The number of hydrogen-bond donors (Lipinski definition) is 3. The zero-order valence-corrected chi connectivity index (χ0v) is 12.4. The first-order valence-corrected chi connectivity index (χ1v) is 6.94. The second kappa shape index (κ2) is 6.95. The van der Waals surface area contributed by atoms with Crippen molar-refractivity contribution in [3.8, 4) is 0 Å². The van der Waals surface area contributed by atoms with E-state index in [9.17, 15) is 4.79 Å². The lowest BCUT2D eigenvalue weighted by Crippen LogP contribution is -2.24. The van der Waals surface area contributed by atoms with Gasteiger partial charge in [0.25, 0.3) is 5.91 Å². The molecule has 0 saturated carbocycles. The normalized spacial score (nSPS) is 16.6. The summed E-state index contributed by atoms with van der Waals surface area (Å²) in [6, 6.07) is 7.38. The number of nitrogens with zero attached hydrogens (tertiary/aromatic N) is 1. The minimum Gasteiger partial charge on any atom is -0.385 e. The van der Waals surface area contributed by atoms with Crippen LogP contribution in [0.25, 0.3) is 0 Å². The number of carbonyl (C=O) groups is 1. The summed E-state index contributed by atoms with van der Waals surface area (Å²) in [7, 11) is 0. The number of halogens is 1. The maximum Gasteiger partial charge on any atom is 0.251 e. The zero-order chi connectivity index (χ0) is 15.2. The summed E-state index contributed by atoms with van der Waals surface area (Å²) in [4.78, 5) is 12.1. The van der Waals surface area contributed by atoms with Gasteiger partial charge in [0.2, 0.25) is 0 Å². The highest BCUT2D eigenvalue weighted by atomic mass is 35.5. The van der Waals surface area contributed by atoms with Crippen LogP contribution >= 0.6 is 11.6 Å². The fourth-order valence-corrected chi connectivity index (χ4v) is 2.11. The third-order valence-electron chi connectivity index (χ3n) is 2.96. The van der Waals surface area contributed by atoms with Crippen LogP contribution < -0.4 is 16.5 Å². The van der Waals surface area contributed by atoms with E-state index in [1.165, 1.54) is 0 Å². The Morgan fingerprint density at radius 3 is 3.00 bits per heavy atom. The second-order valence-corrected chi connectivity index (χ2v) is 5.05. The highest BCUT2D eigenvalue weighted by Gasteiger charge is 2.12. The number of hydrazone groups is 1. The van der Waals surface area contributed by atoms with E-state index >= 15 is 0 Å². The number of nitrogens with one attached hydrogen (secondary N) is 2. The Kier molecular flexibility index (Phi) is 5.00. The van der Waals surface area contributed by atoms with E-state index in [2.05, 4.69) is 15.8 Å². The molecule has 0 unspecified atom stereocenters. The van der Waals surface area contributed by atoms with Crippen LogP contribution in [-0.2, 0) is 11.3 Å². The van der Waals surface area contributed by atoms with Gasteiger partial charge >= 0.3 is 0 Å². The van der Waals surface area contributed by atoms with Crippen molar-refractivity contribution in [2.45, 2.75) is 19.9 Å². The van der Waals surface area contributed by atoms with Crippen LogP contribution in [0.1, 0.15) is 18.9 Å². The quantitative estimate of drug-likeness (QED) is 0.745. The summed E-state index contributed by atoms with van der Waals surface area (Å²) in [5.74, 6) is 0.355. The molecular formula is C15H17ClN4O. The van der Waals surface area contributed by atoms with Crippen LogP contribution in [0.4, 0.5) is 0 Å². The molecule has 6 heteroatoms. The summed E-state index contributed by atoms with van der Waals surface area (Å²) < 4.78 is 0. The van der Waals surface area contributed by atoms with Crippen molar-refractivity contribution in [1.29, 1.82) is 0 Å². The lowest BCUT2D eigenvalue weighted by Gasteiger charge is -2.07. The highest BCUT2D eigenvalue weighted by Crippen LogP contribution is 2.12. The smallest absolute Gasteiger partial charge is 0.251 e. The molecule has 1 aromatic rings. The van der Waals surface area contributed by atoms with Crippen molar-refractivity contribution >= 4 is 23.3 Å². The van der Waals surface area contributed by atoms with Crippen LogP contribution in [0.3, 0.4) is 0 Å². The number of nitrogens with two attached hydrogens (primary N) is 1. The van der Waals surface area contributed by atoms with Gasteiger partial charge in [-0.1, -0.05) is 29.8 Å². The number of amides is 1. The highest BCUT2D eigenvalue weighted by molar-refractivity contribution is 6.30. The number of carbonyl (C=O) groups excluding carboxylic acids is 1. The lowest BCUT2D eigenvalue weighted by atomic mass is 10.1. The number of allylic oxidation sites excluding steroid dienone is 1. The predicted octanol–water partition coefficient (Wildman–Crippen LogP) is 2.05. The topological polar surface area (TPSA) is 79.5 Å². The summed E-state index contributed by atoms with van der Waals surface area (Å²) in [6.07, 6.45) is 4.02. The Labute approximate surface area is 128 Å². The SMILES string of the molecule is C/C=C(\C=C1/CC(N)=NN1)C(=O)NCc1cccc(Cl)c1. The van der Waals surface area contributed by atoms with Crippen LogP contribution in [0.5, 0.6) is 0 Å². The van der Waals surface area contributed by atoms with Crippen molar-refractivity contribution in [2.24, 2.45) is 10.8 Å². The average Bonchev–Trinajstić information content (AvgIpc) is 2.87. The number of amidine groups is 1. The van der Waals surface area contributed by atoms with Gasteiger partial charge < -0.3 is 11.1 Å². The average molecular weight is 305 g/mol. The summed E-state index contributed by atoms with van der Waals surface area (Å²) in [5.41, 5.74) is 10.7. The van der Waals surface area contributed by atoms with E-state index in [-0.39, 0.29) is 5.91 Å². The first-order chi connectivity index (χ1) is 10.1. The molecular weight excluding hydrogens is 288 g/mol. The van der Waals surface area contributed by atoms with Gasteiger partial charge in [0, 0.05) is 29.3 Å². The molecule has 1 aliphatic rings. The van der Waals surface area contributed by atoms with E-state index in [0.717, 1.165) is 11.3 Å². The molecule has 0 spiro atoms. The van der Waals surface area contributed by atoms with Gasteiger partial charge in [-0.25, -0.2) is 0 Å². The fraction of sp³-hybridized carbons (Fsp3) is 0.200. The van der Waals surface area contributed by atoms with Crippen molar-refractivity contribution in [1.82, 2.24) is 10.7 Å². The third kappa shape index (κ3) is 4.36. The van der Waals surface area contributed by atoms with Crippen molar-refractivity contribution in [3.05, 3.63) is 58.3 Å². The van der Waals surface area contributed by atoms with Crippen molar-refractivity contribution in [3.63, 3.8) is 0 Å². The van der Waals surface area contributed by atoms with E-state index in [1.54, 1.807) is 18.2 Å². The third-order valence-corrected chi connectivity index (χ3v) is 3.19. The Hall–Kier alpha value is -2.27. The first kappa shape index (κ1) is 15.1. The Morgan fingerprint density at radius 1 is 1.57 bits per heavy atom. The number of benzene rings is 1. The first-order valence-electron chi connectivity index (χ1n) is 6.56. The largest absolute Gasteiger partial charge is 0.385 e. The van der Waals surface area contributed by atoms with Gasteiger partial charge in [-0.2, -0.15) is 5.10 Å². The summed E-state index contributed by atoms with van der Waals surface area (Å²) >= 11 is 5.91. The number of rotatable bonds is 4. The second-order valence-electron chi connectivity index (χ2n) is 4.62. The van der Waals surface area contributed by atoms with Gasteiger partial charge in [-0.05, 0) is 30.7 Å². The van der Waals surface area contributed by atoms with E-state index in [0.29, 0.717) is 29.4 Å². The maximum atomic E-state index is 12.1. The van der Waals surface area contributed by atoms with Gasteiger partial charge in [0.1, 0.15) is 5.84 Å². The summed E-state index contributed by atoms with van der Waals surface area (Å²) in [6.45, 7) is 2.23. The van der Waals surface area contributed by atoms with E-state index < -0.39 is 0 Å². The van der Waals surface area contributed by atoms with Crippen molar-refractivity contribution < 1.29 is 4.79 Å². The molecule has 0 atom stereocenters. The van der Waals surface area contributed by atoms with E-state index in [1.807, 2.05) is 25.1 Å². The summed E-state index contributed by atoms with van der Waals surface area (Å²) in [5, 5.41) is 7.38. The monoisotopic (exact) mass is 304 g/mol. The van der Waals surface area contributed by atoms with Crippen LogP contribution in [0.2, 0.25) is 5.02 Å². The minimum absolute atomic E-state index is 0.155. The Morgan fingerprint density at radius 2 is 2.38 bits per heavy atom. The molecule has 1 aromatic carbocycles. The molecule has 21 heavy (non-hydrogen) atoms.